The molecule has 6 rings (SSSR count). The topological polar surface area (TPSA) is 57.2 Å². The summed E-state index contributed by atoms with van der Waals surface area (Å²) in [6, 6.07) is 0. The van der Waals surface area contributed by atoms with E-state index in [1.54, 1.807) is 0 Å². The molecule has 5 fully saturated rings. The standard InChI is InChI=1S/C31H50O5/c1-3-26-17-29(36-31(34-26)28-14-20-8-9-23(28)13-20)25-16-27(12-19(2)32)35-30(33-18-25)24-11-10-21-6-4-5-7-22(21)15-24/h8-9,19-32H,3-7,10-18H2,1-2H3. The molecule has 0 radical (unpaired) electrons. The van der Waals surface area contributed by atoms with Gasteiger partial charge in [0.15, 0.2) is 12.6 Å². The summed E-state index contributed by atoms with van der Waals surface area (Å²) in [6.45, 7) is 4.84. The summed E-state index contributed by atoms with van der Waals surface area (Å²) in [5, 5.41) is 10.3. The van der Waals surface area contributed by atoms with Crippen molar-refractivity contribution in [3.05, 3.63) is 12.2 Å². The van der Waals surface area contributed by atoms with Crippen molar-refractivity contribution in [3.63, 3.8) is 0 Å². The van der Waals surface area contributed by atoms with Crippen molar-refractivity contribution in [3.8, 4) is 0 Å². The molecule has 0 amide bonds. The fourth-order valence-corrected chi connectivity index (χ4v) is 8.77. The Kier molecular flexibility index (Phi) is 8.13. The van der Waals surface area contributed by atoms with Gasteiger partial charge in [-0.25, -0.2) is 0 Å². The summed E-state index contributed by atoms with van der Waals surface area (Å²) in [5.41, 5.74) is 0. The van der Waals surface area contributed by atoms with Crippen LogP contribution in [0.5, 0.6) is 0 Å². The highest BCUT2D eigenvalue weighted by atomic mass is 16.7. The molecule has 0 spiro atoms. The van der Waals surface area contributed by atoms with E-state index in [0.717, 1.165) is 37.0 Å². The Hall–Kier alpha value is -0.460. The number of rotatable bonds is 6. The predicted molar refractivity (Wildman–Crippen MR) is 139 cm³/mol. The summed E-state index contributed by atoms with van der Waals surface area (Å²) in [5.74, 6) is 4.41. The maximum absolute atomic E-state index is 10.3. The highest BCUT2D eigenvalue weighted by molar-refractivity contribution is 5.11. The summed E-state index contributed by atoms with van der Waals surface area (Å²) < 4.78 is 26.7. The third-order valence-corrected chi connectivity index (χ3v) is 10.7. The monoisotopic (exact) mass is 502 g/mol. The van der Waals surface area contributed by atoms with Crippen LogP contribution in [0, 0.1) is 41.4 Å². The van der Waals surface area contributed by atoms with Gasteiger partial charge in [0, 0.05) is 24.2 Å². The molecule has 0 aromatic heterocycles. The molecule has 5 nitrogen and oxygen atoms in total. The van der Waals surface area contributed by atoms with E-state index >= 15 is 0 Å². The Morgan fingerprint density at radius 3 is 2.33 bits per heavy atom. The quantitative estimate of drug-likeness (QED) is 0.436. The molecule has 2 saturated heterocycles. The minimum Gasteiger partial charge on any atom is -0.393 e. The first-order valence-corrected chi connectivity index (χ1v) is 15.5. The van der Waals surface area contributed by atoms with Crippen molar-refractivity contribution in [2.75, 3.05) is 6.61 Å². The van der Waals surface area contributed by atoms with Gasteiger partial charge in [-0.3, -0.25) is 0 Å². The van der Waals surface area contributed by atoms with Gasteiger partial charge in [0.2, 0.25) is 0 Å². The van der Waals surface area contributed by atoms with Crippen LogP contribution < -0.4 is 0 Å². The molecule has 0 aromatic carbocycles. The second kappa shape index (κ2) is 11.3. The van der Waals surface area contributed by atoms with Crippen LogP contribution >= 0.6 is 0 Å². The van der Waals surface area contributed by atoms with Gasteiger partial charge < -0.3 is 24.1 Å². The number of allylic oxidation sites excluding steroid dienone is 2. The number of aliphatic hydroxyl groups is 1. The highest BCUT2D eigenvalue weighted by Crippen LogP contribution is 2.49. The van der Waals surface area contributed by atoms with E-state index in [2.05, 4.69) is 19.1 Å². The maximum Gasteiger partial charge on any atom is 0.161 e. The normalized spacial score (nSPS) is 50.0. The largest absolute Gasteiger partial charge is 0.393 e. The molecule has 3 saturated carbocycles. The molecule has 2 bridgehead atoms. The first-order valence-electron chi connectivity index (χ1n) is 15.5. The molecule has 0 aromatic rings. The van der Waals surface area contributed by atoms with Crippen molar-refractivity contribution in [2.24, 2.45) is 41.4 Å². The average molecular weight is 503 g/mol. The van der Waals surface area contributed by atoms with Crippen LogP contribution in [0.25, 0.3) is 0 Å². The average Bonchev–Trinajstić information content (AvgIpc) is 3.47. The van der Waals surface area contributed by atoms with Crippen LogP contribution in [0.4, 0.5) is 0 Å². The SMILES string of the molecule is CCC1CC(C2COC(C3CCC4CCCCC4C3)OC(CC(C)O)C2)OC(C2CC3C=CC2C3)O1. The molecular weight excluding hydrogens is 452 g/mol. The number of ether oxygens (including phenoxy) is 4. The van der Waals surface area contributed by atoms with Crippen LogP contribution in [0.3, 0.4) is 0 Å². The van der Waals surface area contributed by atoms with Gasteiger partial charge in [0.05, 0.1) is 31.0 Å². The van der Waals surface area contributed by atoms with E-state index in [4.69, 9.17) is 18.9 Å². The van der Waals surface area contributed by atoms with Gasteiger partial charge in [0.1, 0.15) is 0 Å². The van der Waals surface area contributed by atoms with Crippen LogP contribution in [-0.4, -0.2) is 48.7 Å². The zero-order valence-electron chi connectivity index (χ0n) is 22.6. The lowest BCUT2D eigenvalue weighted by Gasteiger charge is -2.42. The van der Waals surface area contributed by atoms with E-state index in [-0.39, 0.29) is 37.0 Å². The van der Waals surface area contributed by atoms with E-state index in [1.165, 1.54) is 57.8 Å². The third kappa shape index (κ3) is 5.61. The third-order valence-electron chi connectivity index (χ3n) is 10.7. The van der Waals surface area contributed by atoms with E-state index < -0.39 is 0 Å². The van der Waals surface area contributed by atoms with Gasteiger partial charge in [-0.2, -0.15) is 0 Å². The lowest BCUT2D eigenvalue weighted by Crippen LogP contribution is -2.46. The van der Waals surface area contributed by atoms with Crippen molar-refractivity contribution in [2.45, 2.75) is 134 Å². The minimum absolute atomic E-state index is 0.0296. The van der Waals surface area contributed by atoms with Crippen LogP contribution in [0.2, 0.25) is 0 Å². The maximum atomic E-state index is 10.3. The smallest absolute Gasteiger partial charge is 0.161 e. The van der Waals surface area contributed by atoms with Crippen molar-refractivity contribution in [1.29, 1.82) is 0 Å². The second-order valence-electron chi connectivity index (χ2n) is 13.3. The lowest BCUT2D eigenvalue weighted by atomic mass is 9.67. The highest BCUT2D eigenvalue weighted by Gasteiger charge is 2.47. The van der Waals surface area contributed by atoms with E-state index in [0.29, 0.717) is 36.7 Å². The van der Waals surface area contributed by atoms with Gasteiger partial charge in [-0.05, 0) is 82.0 Å². The molecule has 2 heterocycles. The van der Waals surface area contributed by atoms with Crippen molar-refractivity contribution >= 4 is 0 Å². The summed E-state index contributed by atoms with van der Waals surface area (Å²) in [7, 11) is 0. The van der Waals surface area contributed by atoms with Crippen molar-refractivity contribution < 1.29 is 24.1 Å². The molecule has 13 unspecified atom stereocenters. The number of hydrogen-bond donors (Lipinski definition) is 1. The Labute approximate surface area is 218 Å². The van der Waals surface area contributed by atoms with Gasteiger partial charge in [-0.1, -0.05) is 44.8 Å². The van der Waals surface area contributed by atoms with Crippen LogP contribution in [0.15, 0.2) is 12.2 Å². The molecule has 4 aliphatic carbocycles. The molecule has 1 N–H and O–H groups in total. The zero-order valence-corrected chi connectivity index (χ0v) is 22.6. The molecular formula is C31H50O5. The zero-order chi connectivity index (χ0) is 24.6. The Morgan fingerprint density at radius 1 is 0.778 bits per heavy atom. The minimum atomic E-state index is -0.365. The van der Waals surface area contributed by atoms with Gasteiger partial charge in [0.25, 0.3) is 0 Å². The second-order valence-corrected chi connectivity index (χ2v) is 13.3. The molecule has 2 aliphatic heterocycles. The predicted octanol–water partition coefficient (Wildman–Crippen LogP) is 6.23. The number of hydrogen-bond acceptors (Lipinski definition) is 5. The molecule has 36 heavy (non-hydrogen) atoms. The fourth-order valence-electron chi connectivity index (χ4n) is 8.77. The Balaban J connectivity index is 1.14. The molecule has 5 heteroatoms. The summed E-state index contributed by atoms with van der Waals surface area (Å²) in [4.78, 5) is 0. The summed E-state index contributed by atoms with van der Waals surface area (Å²) in [6.07, 6.45) is 20.1. The first-order chi connectivity index (χ1) is 17.6. The number of fused-ring (bicyclic) bond motifs is 3. The fraction of sp³-hybridized carbons (Fsp3) is 0.935. The molecule has 204 valence electrons. The number of aliphatic hydroxyl groups excluding tert-OH is 1. The molecule has 6 aliphatic rings. The Bertz CT molecular complexity index is 753. The lowest BCUT2D eigenvalue weighted by molar-refractivity contribution is -0.278. The van der Waals surface area contributed by atoms with Crippen LogP contribution in [0.1, 0.15) is 97.3 Å². The van der Waals surface area contributed by atoms with Gasteiger partial charge in [-0.15, -0.1) is 0 Å². The van der Waals surface area contributed by atoms with Gasteiger partial charge >= 0.3 is 0 Å². The summed E-state index contributed by atoms with van der Waals surface area (Å²) >= 11 is 0. The van der Waals surface area contributed by atoms with E-state index in [9.17, 15) is 5.11 Å². The van der Waals surface area contributed by atoms with E-state index in [1.807, 2.05) is 6.92 Å². The molecule has 13 atom stereocenters. The Morgan fingerprint density at radius 2 is 1.58 bits per heavy atom. The first kappa shape index (κ1) is 25.8. The van der Waals surface area contributed by atoms with Crippen LogP contribution in [-0.2, 0) is 18.9 Å². The van der Waals surface area contributed by atoms with Crippen molar-refractivity contribution in [1.82, 2.24) is 0 Å².